The second-order valence-electron chi connectivity index (χ2n) is 5.94. The van der Waals surface area contributed by atoms with Crippen molar-refractivity contribution in [3.05, 3.63) is 0 Å². The maximum Gasteiger partial charge on any atom is 0.326 e. The van der Waals surface area contributed by atoms with E-state index in [1.165, 1.54) is 4.90 Å². The fraction of sp³-hybridized carbons (Fsp3) is 0.846. The van der Waals surface area contributed by atoms with Crippen LogP contribution in [0.5, 0.6) is 0 Å². The SMILES string of the molecule is CC1(C)CC(NC(=O)N2CCC[C@@H]2C(=O)O)CCO1. The molecule has 2 aliphatic rings. The van der Waals surface area contributed by atoms with Crippen LogP contribution >= 0.6 is 0 Å². The minimum atomic E-state index is -0.917. The monoisotopic (exact) mass is 270 g/mol. The minimum absolute atomic E-state index is 0.0614. The number of hydrogen-bond acceptors (Lipinski definition) is 3. The average Bonchev–Trinajstić information content (AvgIpc) is 2.76. The van der Waals surface area contributed by atoms with E-state index >= 15 is 0 Å². The predicted molar refractivity (Wildman–Crippen MR) is 68.9 cm³/mol. The third-order valence-corrected chi connectivity index (χ3v) is 3.82. The summed E-state index contributed by atoms with van der Waals surface area (Å²) in [5.41, 5.74) is -0.229. The molecule has 108 valence electrons. The Morgan fingerprint density at radius 1 is 1.37 bits per heavy atom. The number of carboxylic acids is 1. The lowest BCUT2D eigenvalue weighted by atomic mass is 9.94. The van der Waals surface area contributed by atoms with Crippen molar-refractivity contribution >= 4 is 12.0 Å². The summed E-state index contributed by atoms with van der Waals surface area (Å²) in [6, 6.07) is -0.869. The van der Waals surface area contributed by atoms with E-state index in [0.29, 0.717) is 19.6 Å². The normalized spacial score (nSPS) is 30.1. The van der Waals surface area contributed by atoms with E-state index in [0.717, 1.165) is 19.3 Å². The van der Waals surface area contributed by atoms with Gasteiger partial charge in [-0.05, 0) is 39.5 Å². The summed E-state index contributed by atoms with van der Waals surface area (Å²) in [5, 5.41) is 12.0. The molecule has 19 heavy (non-hydrogen) atoms. The Labute approximate surface area is 113 Å². The quantitative estimate of drug-likeness (QED) is 0.790. The van der Waals surface area contributed by atoms with Gasteiger partial charge in [0.25, 0.3) is 0 Å². The number of likely N-dealkylation sites (tertiary alicyclic amines) is 1. The Balaban J connectivity index is 1.92. The molecule has 6 heteroatoms. The van der Waals surface area contributed by atoms with Crippen molar-refractivity contribution in [3.8, 4) is 0 Å². The third-order valence-electron chi connectivity index (χ3n) is 3.82. The van der Waals surface area contributed by atoms with Crippen LogP contribution in [0.1, 0.15) is 39.5 Å². The summed E-state index contributed by atoms with van der Waals surface area (Å²) in [6.07, 6.45) is 2.83. The molecule has 2 rings (SSSR count). The van der Waals surface area contributed by atoms with Crippen molar-refractivity contribution in [3.63, 3.8) is 0 Å². The van der Waals surface area contributed by atoms with Crippen molar-refractivity contribution in [2.45, 2.75) is 57.2 Å². The van der Waals surface area contributed by atoms with Gasteiger partial charge in [0.15, 0.2) is 0 Å². The maximum atomic E-state index is 12.2. The lowest BCUT2D eigenvalue weighted by molar-refractivity contribution is -0.141. The number of amides is 2. The smallest absolute Gasteiger partial charge is 0.326 e. The molecule has 0 aromatic carbocycles. The second kappa shape index (κ2) is 5.36. The molecule has 0 aliphatic carbocycles. The lowest BCUT2D eigenvalue weighted by Gasteiger charge is -2.36. The van der Waals surface area contributed by atoms with Crippen molar-refractivity contribution in [1.29, 1.82) is 0 Å². The van der Waals surface area contributed by atoms with E-state index in [2.05, 4.69) is 5.32 Å². The van der Waals surface area contributed by atoms with Gasteiger partial charge >= 0.3 is 12.0 Å². The molecule has 2 fully saturated rings. The highest BCUT2D eigenvalue weighted by Crippen LogP contribution is 2.24. The molecule has 0 spiro atoms. The van der Waals surface area contributed by atoms with Gasteiger partial charge in [0.05, 0.1) is 5.60 Å². The largest absolute Gasteiger partial charge is 0.480 e. The number of carboxylic acid groups (broad SMARTS) is 1. The molecule has 2 aliphatic heterocycles. The van der Waals surface area contributed by atoms with Crippen molar-refractivity contribution in [2.75, 3.05) is 13.2 Å². The summed E-state index contributed by atoms with van der Waals surface area (Å²) < 4.78 is 5.60. The molecule has 2 heterocycles. The first-order valence-corrected chi connectivity index (χ1v) is 6.83. The molecule has 0 saturated carbocycles. The maximum absolute atomic E-state index is 12.2. The highest BCUT2D eigenvalue weighted by Gasteiger charge is 2.36. The number of ether oxygens (including phenoxy) is 1. The third kappa shape index (κ3) is 3.37. The Morgan fingerprint density at radius 2 is 2.11 bits per heavy atom. The fourth-order valence-corrected chi connectivity index (χ4v) is 2.88. The first-order chi connectivity index (χ1) is 8.89. The average molecular weight is 270 g/mol. The first-order valence-electron chi connectivity index (χ1n) is 6.83. The number of hydrogen-bond donors (Lipinski definition) is 2. The first kappa shape index (κ1) is 14.1. The van der Waals surface area contributed by atoms with Gasteiger partial charge in [-0.25, -0.2) is 9.59 Å². The van der Waals surface area contributed by atoms with Crippen LogP contribution in [0, 0.1) is 0 Å². The number of carbonyl (C=O) groups excluding carboxylic acids is 1. The summed E-state index contributed by atoms with van der Waals surface area (Å²) in [7, 11) is 0. The summed E-state index contributed by atoms with van der Waals surface area (Å²) in [6.45, 7) is 5.15. The molecule has 1 unspecified atom stereocenters. The molecular formula is C13H22N2O4. The number of aliphatic carboxylic acids is 1. The van der Waals surface area contributed by atoms with Crippen LogP contribution in [0.3, 0.4) is 0 Å². The summed E-state index contributed by atoms with van der Waals surface area (Å²) in [5.74, 6) is -0.917. The molecule has 2 saturated heterocycles. The van der Waals surface area contributed by atoms with Crippen molar-refractivity contribution in [2.24, 2.45) is 0 Å². The Kier molecular flexibility index (Phi) is 3.99. The highest BCUT2D eigenvalue weighted by atomic mass is 16.5. The predicted octanol–water partition coefficient (Wildman–Crippen LogP) is 1.20. The van der Waals surface area contributed by atoms with Crippen LogP contribution in [0.15, 0.2) is 0 Å². The lowest BCUT2D eigenvalue weighted by Crippen LogP contribution is -2.52. The standard InChI is InChI=1S/C13H22N2O4/c1-13(2)8-9(5-7-19-13)14-12(18)15-6-3-4-10(15)11(16)17/h9-10H,3-8H2,1-2H3,(H,14,18)(H,16,17)/t9?,10-/m1/s1. The van der Waals surface area contributed by atoms with Gasteiger partial charge in [-0.1, -0.05) is 0 Å². The molecule has 0 radical (unpaired) electrons. The molecule has 0 bridgehead atoms. The van der Waals surface area contributed by atoms with E-state index < -0.39 is 12.0 Å². The van der Waals surface area contributed by atoms with Crippen molar-refractivity contribution in [1.82, 2.24) is 10.2 Å². The number of carbonyl (C=O) groups is 2. The Hall–Kier alpha value is -1.30. The van der Waals surface area contributed by atoms with Gasteiger partial charge in [0, 0.05) is 19.2 Å². The van der Waals surface area contributed by atoms with Crippen LogP contribution < -0.4 is 5.32 Å². The minimum Gasteiger partial charge on any atom is -0.480 e. The van der Waals surface area contributed by atoms with Crippen LogP contribution in [-0.4, -0.2) is 52.8 Å². The van der Waals surface area contributed by atoms with Gasteiger partial charge in [0.1, 0.15) is 6.04 Å². The van der Waals surface area contributed by atoms with E-state index in [4.69, 9.17) is 9.84 Å². The molecule has 2 N–H and O–H groups in total. The van der Waals surface area contributed by atoms with Crippen LogP contribution in [-0.2, 0) is 9.53 Å². The van der Waals surface area contributed by atoms with E-state index in [-0.39, 0.29) is 17.7 Å². The Bertz CT molecular complexity index is 370. The molecule has 2 atom stereocenters. The highest BCUT2D eigenvalue weighted by molar-refractivity contribution is 5.83. The summed E-state index contributed by atoms with van der Waals surface area (Å²) >= 11 is 0. The second-order valence-corrected chi connectivity index (χ2v) is 5.94. The van der Waals surface area contributed by atoms with Gasteiger partial charge in [0.2, 0.25) is 0 Å². The zero-order valence-corrected chi connectivity index (χ0v) is 11.5. The Morgan fingerprint density at radius 3 is 2.74 bits per heavy atom. The molecular weight excluding hydrogens is 248 g/mol. The van der Waals surface area contributed by atoms with Gasteiger partial charge in [-0.2, -0.15) is 0 Å². The number of nitrogens with one attached hydrogen (secondary N) is 1. The van der Waals surface area contributed by atoms with E-state index in [1.807, 2.05) is 13.8 Å². The van der Waals surface area contributed by atoms with Crippen LogP contribution in [0.25, 0.3) is 0 Å². The number of nitrogens with zero attached hydrogens (tertiary/aromatic N) is 1. The van der Waals surface area contributed by atoms with Gasteiger partial charge in [-0.15, -0.1) is 0 Å². The zero-order chi connectivity index (χ0) is 14.0. The molecule has 2 amide bonds. The topological polar surface area (TPSA) is 78.9 Å². The number of rotatable bonds is 2. The van der Waals surface area contributed by atoms with Crippen molar-refractivity contribution < 1.29 is 19.4 Å². The van der Waals surface area contributed by atoms with Crippen LogP contribution in [0.2, 0.25) is 0 Å². The van der Waals surface area contributed by atoms with Crippen LogP contribution in [0.4, 0.5) is 4.79 Å². The van der Waals surface area contributed by atoms with Gasteiger partial charge < -0.3 is 20.1 Å². The fourth-order valence-electron chi connectivity index (χ4n) is 2.88. The van der Waals surface area contributed by atoms with Gasteiger partial charge in [-0.3, -0.25) is 0 Å². The zero-order valence-electron chi connectivity index (χ0n) is 11.5. The molecule has 6 nitrogen and oxygen atoms in total. The summed E-state index contributed by atoms with van der Waals surface area (Å²) in [4.78, 5) is 24.7. The van der Waals surface area contributed by atoms with E-state index in [9.17, 15) is 9.59 Å². The molecule has 0 aromatic rings. The molecule has 0 aromatic heterocycles. The number of urea groups is 1. The van der Waals surface area contributed by atoms with E-state index in [1.54, 1.807) is 0 Å².